The number of aromatic nitrogens is 3. The van der Waals surface area contributed by atoms with Crippen molar-refractivity contribution in [2.75, 3.05) is 20.1 Å². The van der Waals surface area contributed by atoms with E-state index in [9.17, 15) is 0 Å². The second kappa shape index (κ2) is 8.21. The highest BCUT2D eigenvalue weighted by atomic mass is 16.5. The summed E-state index contributed by atoms with van der Waals surface area (Å²) < 4.78 is 7.45. The number of ether oxygens (including phenoxy) is 1. The normalized spacial score (nSPS) is 17.8. The van der Waals surface area contributed by atoms with Gasteiger partial charge in [0, 0.05) is 58.1 Å². The van der Waals surface area contributed by atoms with Crippen LogP contribution >= 0.6 is 0 Å². The second-order valence-electron chi connectivity index (χ2n) is 6.95. The van der Waals surface area contributed by atoms with Crippen molar-refractivity contribution in [2.24, 2.45) is 12.0 Å². The number of likely N-dealkylation sites (tertiary alicyclic amines) is 1. The van der Waals surface area contributed by atoms with Crippen molar-refractivity contribution in [1.29, 1.82) is 0 Å². The first-order chi connectivity index (χ1) is 12.5. The van der Waals surface area contributed by atoms with Crippen LogP contribution < -0.4 is 10.1 Å². The Morgan fingerprint density at radius 2 is 2.23 bits per heavy atom. The van der Waals surface area contributed by atoms with Crippen molar-refractivity contribution >= 4 is 5.96 Å². The molecule has 0 bridgehead atoms. The molecule has 0 aromatic carbocycles. The van der Waals surface area contributed by atoms with E-state index in [0.717, 1.165) is 31.0 Å². The third kappa shape index (κ3) is 4.53. The van der Waals surface area contributed by atoms with Crippen molar-refractivity contribution in [2.45, 2.75) is 38.8 Å². The lowest BCUT2D eigenvalue weighted by atomic mass is 10.0. The van der Waals surface area contributed by atoms with Gasteiger partial charge in [-0.15, -0.1) is 0 Å². The number of nitrogens with zero attached hydrogens (tertiary/aromatic N) is 5. The molecule has 1 unspecified atom stereocenters. The molecule has 2 aromatic rings. The maximum atomic E-state index is 5.58. The summed E-state index contributed by atoms with van der Waals surface area (Å²) in [5, 5.41) is 7.73. The largest absolute Gasteiger partial charge is 0.475 e. The zero-order valence-electron chi connectivity index (χ0n) is 16.0. The van der Waals surface area contributed by atoms with E-state index in [2.05, 4.69) is 31.5 Å². The molecule has 1 N–H and O–H groups in total. The fourth-order valence-electron chi connectivity index (χ4n) is 3.22. The third-order valence-corrected chi connectivity index (χ3v) is 4.50. The predicted octanol–water partition coefficient (Wildman–Crippen LogP) is 2.17. The van der Waals surface area contributed by atoms with E-state index in [4.69, 9.17) is 4.74 Å². The Balaban J connectivity index is 1.53. The highest BCUT2D eigenvalue weighted by Gasteiger charge is 2.26. The molecule has 7 heteroatoms. The van der Waals surface area contributed by atoms with Gasteiger partial charge in [-0.05, 0) is 31.4 Å². The van der Waals surface area contributed by atoms with Crippen LogP contribution in [0.25, 0.3) is 0 Å². The molecule has 2 aromatic heterocycles. The molecule has 26 heavy (non-hydrogen) atoms. The van der Waals surface area contributed by atoms with Gasteiger partial charge in [0.05, 0.1) is 12.3 Å². The lowest BCUT2D eigenvalue weighted by Gasteiger charge is -2.21. The number of aryl methyl sites for hydroxylation is 1. The van der Waals surface area contributed by atoms with Gasteiger partial charge in [-0.1, -0.05) is 6.07 Å². The Kier molecular flexibility index (Phi) is 5.75. The fraction of sp³-hybridized carbons (Fsp3) is 0.526. The lowest BCUT2D eigenvalue weighted by Crippen LogP contribution is -2.39. The monoisotopic (exact) mass is 356 g/mol. The number of hydrogen-bond donors (Lipinski definition) is 1. The Hall–Kier alpha value is -2.57. The van der Waals surface area contributed by atoms with E-state index in [1.54, 1.807) is 0 Å². The van der Waals surface area contributed by atoms with Crippen LogP contribution in [0.1, 0.15) is 37.3 Å². The Morgan fingerprint density at radius 3 is 2.85 bits per heavy atom. The van der Waals surface area contributed by atoms with Crippen LogP contribution in [0.3, 0.4) is 0 Å². The summed E-state index contributed by atoms with van der Waals surface area (Å²) in [7, 11) is 3.79. The number of nitrogens with one attached hydrogen (secondary N) is 1. The molecule has 0 aliphatic carbocycles. The highest BCUT2D eigenvalue weighted by Crippen LogP contribution is 2.26. The summed E-state index contributed by atoms with van der Waals surface area (Å²) in [6, 6.07) is 3.95. The molecule has 0 amide bonds. The van der Waals surface area contributed by atoms with Gasteiger partial charge >= 0.3 is 0 Å². The number of aliphatic imine (C=N–C) groups is 1. The Labute approximate surface area is 155 Å². The van der Waals surface area contributed by atoms with Crippen LogP contribution in [0.2, 0.25) is 0 Å². The van der Waals surface area contributed by atoms with Crippen molar-refractivity contribution < 1.29 is 4.74 Å². The Bertz CT molecular complexity index is 737. The molecule has 3 heterocycles. The van der Waals surface area contributed by atoms with Crippen molar-refractivity contribution in [3.63, 3.8) is 0 Å². The first-order valence-electron chi connectivity index (χ1n) is 9.11. The summed E-state index contributed by atoms with van der Waals surface area (Å²) in [4.78, 5) is 11.1. The van der Waals surface area contributed by atoms with Gasteiger partial charge in [-0.2, -0.15) is 5.10 Å². The number of rotatable bonds is 5. The molecule has 1 fully saturated rings. The standard InChI is InChI=1S/C19H28N6O/c1-14(2)26-18-6-5-15(9-21-18)10-22-19(20-3)25-8-7-16(13-25)17-11-23-24(4)12-17/h5-6,9,11-12,14,16H,7-8,10,13H2,1-4H3,(H,20,22). The summed E-state index contributed by atoms with van der Waals surface area (Å²) in [6.07, 6.45) is 7.18. The lowest BCUT2D eigenvalue weighted by molar-refractivity contribution is 0.232. The van der Waals surface area contributed by atoms with Crippen LogP contribution in [0.5, 0.6) is 5.88 Å². The van der Waals surface area contributed by atoms with E-state index in [0.29, 0.717) is 18.3 Å². The first kappa shape index (κ1) is 18.2. The average Bonchev–Trinajstić information content (AvgIpc) is 3.25. The van der Waals surface area contributed by atoms with Crippen LogP contribution in [0.15, 0.2) is 35.7 Å². The molecule has 7 nitrogen and oxygen atoms in total. The topological polar surface area (TPSA) is 67.6 Å². The van der Waals surface area contributed by atoms with Gasteiger partial charge in [0.25, 0.3) is 0 Å². The Morgan fingerprint density at radius 1 is 1.38 bits per heavy atom. The van der Waals surface area contributed by atoms with Gasteiger partial charge in [-0.25, -0.2) is 4.98 Å². The predicted molar refractivity (Wildman–Crippen MR) is 102 cm³/mol. The van der Waals surface area contributed by atoms with Crippen molar-refractivity contribution in [1.82, 2.24) is 25.0 Å². The molecular formula is C19H28N6O. The molecule has 0 spiro atoms. The third-order valence-electron chi connectivity index (χ3n) is 4.50. The average molecular weight is 356 g/mol. The van der Waals surface area contributed by atoms with Crippen LogP contribution in [0, 0.1) is 0 Å². The van der Waals surface area contributed by atoms with Gasteiger partial charge in [0.15, 0.2) is 5.96 Å². The van der Waals surface area contributed by atoms with Crippen LogP contribution in [-0.2, 0) is 13.6 Å². The fourth-order valence-corrected chi connectivity index (χ4v) is 3.22. The summed E-state index contributed by atoms with van der Waals surface area (Å²) >= 11 is 0. The SMILES string of the molecule is CN=C(NCc1ccc(OC(C)C)nc1)N1CCC(c2cnn(C)c2)C1. The van der Waals surface area contributed by atoms with E-state index >= 15 is 0 Å². The summed E-state index contributed by atoms with van der Waals surface area (Å²) in [5.41, 5.74) is 2.40. The number of guanidine groups is 1. The maximum absolute atomic E-state index is 5.58. The molecule has 0 radical (unpaired) electrons. The van der Waals surface area contributed by atoms with Crippen molar-refractivity contribution in [3.8, 4) is 5.88 Å². The van der Waals surface area contributed by atoms with Crippen LogP contribution in [0.4, 0.5) is 0 Å². The smallest absolute Gasteiger partial charge is 0.213 e. The zero-order valence-corrected chi connectivity index (χ0v) is 16.0. The molecular weight excluding hydrogens is 328 g/mol. The first-order valence-corrected chi connectivity index (χ1v) is 9.11. The molecule has 1 aliphatic rings. The maximum Gasteiger partial charge on any atom is 0.213 e. The second-order valence-corrected chi connectivity index (χ2v) is 6.95. The minimum Gasteiger partial charge on any atom is -0.475 e. The van der Waals surface area contributed by atoms with Crippen molar-refractivity contribution in [3.05, 3.63) is 41.9 Å². The van der Waals surface area contributed by atoms with E-state index in [1.807, 2.05) is 57.2 Å². The quantitative estimate of drug-likeness (QED) is 0.657. The van der Waals surface area contributed by atoms with Crippen LogP contribution in [-0.4, -0.2) is 51.9 Å². The summed E-state index contributed by atoms with van der Waals surface area (Å²) in [6.45, 7) is 6.64. The van der Waals surface area contributed by atoms with E-state index < -0.39 is 0 Å². The zero-order chi connectivity index (χ0) is 18.5. The van der Waals surface area contributed by atoms with Gasteiger partial charge in [-0.3, -0.25) is 9.67 Å². The molecule has 1 saturated heterocycles. The molecule has 140 valence electrons. The minimum atomic E-state index is 0.133. The molecule has 3 rings (SSSR count). The molecule has 0 saturated carbocycles. The minimum absolute atomic E-state index is 0.133. The van der Waals surface area contributed by atoms with Gasteiger partial charge in [0.1, 0.15) is 0 Å². The number of pyridine rings is 1. The summed E-state index contributed by atoms with van der Waals surface area (Å²) in [5.74, 6) is 2.10. The van der Waals surface area contributed by atoms with E-state index in [1.165, 1.54) is 5.56 Å². The van der Waals surface area contributed by atoms with Gasteiger partial charge < -0.3 is 15.0 Å². The van der Waals surface area contributed by atoms with E-state index in [-0.39, 0.29) is 6.10 Å². The molecule has 1 atom stereocenters. The molecule has 1 aliphatic heterocycles. The highest BCUT2D eigenvalue weighted by molar-refractivity contribution is 5.80. The van der Waals surface area contributed by atoms with Gasteiger partial charge in [0.2, 0.25) is 5.88 Å². The number of hydrogen-bond acceptors (Lipinski definition) is 4.